The second kappa shape index (κ2) is 4.79. The van der Waals surface area contributed by atoms with E-state index in [9.17, 15) is 9.90 Å². The summed E-state index contributed by atoms with van der Waals surface area (Å²) in [6.07, 6.45) is 0.511. The van der Waals surface area contributed by atoms with Crippen LogP contribution in [0.5, 0.6) is 5.88 Å². The summed E-state index contributed by atoms with van der Waals surface area (Å²) in [6.45, 7) is 5.49. The first kappa shape index (κ1) is 13.8. The minimum absolute atomic E-state index is 0.286. The Morgan fingerprint density at radius 3 is 2.95 bits per heavy atom. The van der Waals surface area contributed by atoms with E-state index in [-0.39, 0.29) is 6.61 Å². The molecule has 0 spiro atoms. The van der Waals surface area contributed by atoms with Crippen molar-refractivity contribution in [2.45, 2.75) is 38.5 Å². The quantitative estimate of drug-likeness (QED) is 0.768. The van der Waals surface area contributed by atoms with Crippen molar-refractivity contribution in [3.63, 3.8) is 0 Å². The van der Waals surface area contributed by atoms with Crippen LogP contribution in [-0.4, -0.2) is 34.4 Å². The number of aromatic nitrogens is 1. The van der Waals surface area contributed by atoms with Crippen LogP contribution in [0.3, 0.4) is 0 Å². The number of carbonyl (C=O) groups is 1. The molecule has 0 bridgehead atoms. The fourth-order valence-electron chi connectivity index (χ4n) is 2.03. The van der Waals surface area contributed by atoms with E-state index in [4.69, 9.17) is 15.2 Å². The zero-order chi connectivity index (χ0) is 14.2. The van der Waals surface area contributed by atoms with Crippen molar-refractivity contribution < 1.29 is 19.4 Å². The van der Waals surface area contributed by atoms with Crippen molar-refractivity contribution in [3.8, 4) is 5.88 Å². The van der Waals surface area contributed by atoms with Gasteiger partial charge in [0.1, 0.15) is 11.7 Å². The summed E-state index contributed by atoms with van der Waals surface area (Å²) in [7, 11) is 0. The third-order valence-electron chi connectivity index (χ3n) is 3.16. The number of hydrogen-bond acceptors (Lipinski definition) is 6. The Kier molecular flexibility index (Phi) is 3.47. The van der Waals surface area contributed by atoms with Crippen LogP contribution in [0.15, 0.2) is 12.3 Å². The lowest BCUT2D eigenvalue weighted by Crippen LogP contribution is -2.51. The van der Waals surface area contributed by atoms with Crippen LogP contribution in [0.25, 0.3) is 0 Å². The minimum Gasteiger partial charge on any atom is -0.469 e. The standard InChI is InChI=1S/C13H18N2O4/c1-4-18-12(17)7-5-8-9(14)10(16)13(2,3)19-11(8)15-6-7/h5-6,9-10,16H,4,14H2,1-3H3. The van der Waals surface area contributed by atoms with Gasteiger partial charge in [-0.15, -0.1) is 0 Å². The van der Waals surface area contributed by atoms with Crippen molar-refractivity contribution in [2.24, 2.45) is 5.73 Å². The molecule has 1 aromatic heterocycles. The first-order valence-corrected chi connectivity index (χ1v) is 6.16. The van der Waals surface area contributed by atoms with Crippen LogP contribution < -0.4 is 10.5 Å². The molecule has 3 N–H and O–H groups in total. The number of ether oxygens (including phenoxy) is 2. The molecule has 0 radical (unpaired) electrons. The Labute approximate surface area is 111 Å². The molecule has 6 heteroatoms. The zero-order valence-corrected chi connectivity index (χ0v) is 11.2. The molecule has 0 fully saturated rings. The Morgan fingerprint density at radius 2 is 2.32 bits per heavy atom. The van der Waals surface area contributed by atoms with Gasteiger partial charge in [-0.2, -0.15) is 0 Å². The third-order valence-corrected chi connectivity index (χ3v) is 3.16. The van der Waals surface area contributed by atoms with Gasteiger partial charge >= 0.3 is 5.97 Å². The van der Waals surface area contributed by atoms with Crippen molar-refractivity contribution in [1.82, 2.24) is 4.98 Å². The van der Waals surface area contributed by atoms with Crippen molar-refractivity contribution in [1.29, 1.82) is 0 Å². The summed E-state index contributed by atoms with van der Waals surface area (Å²) in [4.78, 5) is 15.7. The highest BCUT2D eigenvalue weighted by atomic mass is 16.5. The molecule has 0 aliphatic carbocycles. The SMILES string of the molecule is CCOC(=O)c1cnc2c(c1)C(N)C(O)C(C)(C)O2. The van der Waals surface area contributed by atoms with E-state index in [1.807, 2.05) is 0 Å². The zero-order valence-electron chi connectivity index (χ0n) is 11.2. The molecule has 0 saturated carbocycles. The van der Waals surface area contributed by atoms with Gasteiger partial charge in [-0.25, -0.2) is 9.78 Å². The summed E-state index contributed by atoms with van der Waals surface area (Å²) in [5.41, 5.74) is 5.98. The molecule has 6 nitrogen and oxygen atoms in total. The van der Waals surface area contributed by atoms with E-state index in [1.165, 1.54) is 6.20 Å². The number of nitrogens with two attached hydrogens (primary N) is 1. The topological polar surface area (TPSA) is 94.7 Å². The molecule has 104 valence electrons. The molecule has 1 aromatic rings. The van der Waals surface area contributed by atoms with Crippen LogP contribution in [0.4, 0.5) is 0 Å². The van der Waals surface area contributed by atoms with E-state index in [0.29, 0.717) is 17.0 Å². The average Bonchev–Trinajstić information content (AvgIpc) is 2.36. The molecule has 2 atom stereocenters. The second-order valence-corrected chi connectivity index (χ2v) is 5.01. The lowest BCUT2D eigenvalue weighted by atomic mass is 9.88. The molecular formula is C13H18N2O4. The van der Waals surface area contributed by atoms with Gasteiger partial charge in [0, 0.05) is 11.8 Å². The Bertz CT molecular complexity index is 501. The lowest BCUT2D eigenvalue weighted by Gasteiger charge is -2.39. The van der Waals surface area contributed by atoms with Gasteiger partial charge in [-0.1, -0.05) is 0 Å². The lowest BCUT2D eigenvalue weighted by molar-refractivity contribution is -0.0602. The normalized spacial score (nSPS) is 24.3. The van der Waals surface area contributed by atoms with E-state index in [2.05, 4.69) is 4.98 Å². The summed E-state index contributed by atoms with van der Waals surface area (Å²) >= 11 is 0. The van der Waals surface area contributed by atoms with Crippen LogP contribution in [0, 0.1) is 0 Å². The van der Waals surface area contributed by atoms with Gasteiger partial charge in [-0.3, -0.25) is 0 Å². The number of aliphatic hydroxyl groups excluding tert-OH is 1. The van der Waals surface area contributed by atoms with Gasteiger partial charge < -0.3 is 20.3 Å². The molecular weight excluding hydrogens is 248 g/mol. The van der Waals surface area contributed by atoms with Gasteiger partial charge in [0.15, 0.2) is 0 Å². The first-order chi connectivity index (χ1) is 8.86. The monoisotopic (exact) mass is 266 g/mol. The number of hydrogen-bond donors (Lipinski definition) is 2. The largest absolute Gasteiger partial charge is 0.469 e. The van der Waals surface area contributed by atoms with E-state index in [0.717, 1.165) is 0 Å². The minimum atomic E-state index is -0.876. The predicted octanol–water partition coefficient (Wildman–Crippen LogP) is 0.790. The van der Waals surface area contributed by atoms with Crippen molar-refractivity contribution in [3.05, 3.63) is 23.4 Å². The van der Waals surface area contributed by atoms with E-state index in [1.54, 1.807) is 26.8 Å². The molecule has 0 amide bonds. The number of pyridine rings is 1. The first-order valence-electron chi connectivity index (χ1n) is 6.16. The highest BCUT2D eigenvalue weighted by molar-refractivity contribution is 5.89. The number of esters is 1. The third kappa shape index (κ3) is 2.41. The molecule has 1 aliphatic heterocycles. The molecule has 0 aromatic carbocycles. The Morgan fingerprint density at radius 1 is 1.63 bits per heavy atom. The van der Waals surface area contributed by atoms with Crippen molar-refractivity contribution >= 4 is 5.97 Å². The molecule has 1 aliphatic rings. The Balaban J connectivity index is 2.39. The number of carbonyl (C=O) groups excluding carboxylic acids is 1. The maximum absolute atomic E-state index is 11.6. The maximum atomic E-state index is 11.6. The summed E-state index contributed by atoms with van der Waals surface area (Å²) in [5, 5.41) is 10.1. The fraction of sp³-hybridized carbons (Fsp3) is 0.538. The molecule has 2 rings (SSSR count). The predicted molar refractivity (Wildman–Crippen MR) is 67.8 cm³/mol. The van der Waals surface area contributed by atoms with E-state index < -0.39 is 23.7 Å². The second-order valence-electron chi connectivity index (χ2n) is 5.01. The molecule has 19 heavy (non-hydrogen) atoms. The maximum Gasteiger partial charge on any atom is 0.339 e. The number of aliphatic hydroxyl groups is 1. The van der Waals surface area contributed by atoms with Gasteiger partial charge in [0.25, 0.3) is 0 Å². The van der Waals surface area contributed by atoms with Gasteiger partial charge in [-0.05, 0) is 26.8 Å². The number of rotatable bonds is 2. The molecule has 0 saturated heterocycles. The smallest absolute Gasteiger partial charge is 0.339 e. The highest BCUT2D eigenvalue weighted by Crippen LogP contribution is 2.37. The van der Waals surface area contributed by atoms with Gasteiger partial charge in [0.05, 0.1) is 18.2 Å². The van der Waals surface area contributed by atoms with Crippen LogP contribution in [-0.2, 0) is 4.74 Å². The fourth-order valence-corrected chi connectivity index (χ4v) is 2.03. The Hall–Kier alpha value is -1.66. The summed E-state index contributed by atoms with van der Waals surface area (Å²) in [5.74, 6) is -0.125. The van der Waals surface area contributed by atoms with Crippen LogP contribution in [0.2, 0.25) is 0 Å². The molecule has 2 heterocycles. The van der Waals surface area contributed by atoms with Crippen molar-refractivity contribution in [2.75, 3.05) is 6.61 Å². The van der Waals surface area contributed by atoms with Gasteiger partial charge in [0.2, 0.25) is 5.88 Å². The average molecular weight is 266 g/mol. The van der Waals surface area contributed by atoms with Crippen LogP contribution >= 0.6 is 0 Å². The van der Waals surface area contributed by atoms with E-state index >= 15 is 0 Å². The molecule has 2 unspecified atom stereocenters. The highest BCUT2D eigenvalue weighted by Gasteiger charge is 2.42. The number of fused-ring (bicyclic) bond motifs is 1. The summed E-state index contributed by atoms with van der Waals surface area (Å²) < 4.78 is 10.5. The summed E-state index contributed by atoms with van der Waals surface area (Å²) in [6, 6.07) is 0.907. The van der Waals surface area contributed by atoms with Crippen LogP contribution in [0.1, 0.15) is 42.7 Å². The number of nitrogens with zero attached hydrogens (tertiary/aromatic N) is 1.